The van der Waals surface area contributed by atoms with Gasteiger partial charge in [0.1, 0.15) is 0 Å². The molecule has 0 rings (SSSR count). The number of hydrogen-bond donors (Lipinski definition) is 0. The van der Waals surface area contributed by atoms with Gasteiger partial charge in [0.15, 0.2) is 0 Å². The van der Waals surface area contributed by atoms with Crippen molar-refractivity contribution in [3.05, 3.63) is 12.1 Å². The summed E-state index contributed by atoms with van der Waals surface area (Å²) in [6.07, 6.45) is 0. The fourth-order valence-corrected chi connectivity index (χ4v) is 0.0510. The van der Waals surface area contributed by atoms with Crippen LogP contribution < -0.4 is 0 Å². The maximum absolute atomic E-state index is 11.0. The molecule has 0 fully saturated rings. The standard InChI is InChI=1S/C5H8O2/c1-4(2)5(6)7-3/h1H2,2-3H3/i1D2,2D3,3D3. The molecular formula is C5H8O2. The SMILES string of the molecule is [2H]C([2H])=C(C(=O)OC([2H])([2H])[2H])C([2H])([2H])[2H]. The van der Waals surface area contributed by atoms with Gasteiger partial charge in [-0.3, -0.25) is 0 Å². The van der Waals surface area contributed by atoms with E-state index in [1.807, 2.05) is 0 Å². The van der Waals surface area contributed by atoms with Crippen LogP contribution in [0.2, 0.25) is 0 Å². The van der Waals surface area contributed by atoms with E-state index in [0.29, 0.717) is 0 Å². The molecule has 0 aromatic carbocycles. The van der Waals surface area contributed by atoms with Crippen molar-refractivity contribution in [3.63, 3.8) is 0 Å². The third-order valence-electron chi connectivity index (χ3n) is 0.297. The minimum absolute atomic E-state index is 1.25. The van der Waals surface area contributed by atoms with Crippen LogP contribution in [0.4, 0.5) is 0 Å². The van der Waals surface area contributed by atoms with Crippen molar-refractivity contribution in [2.24, 2.45) is 0 Å². The van der Waals surface area contributed by atoms with Crippen LogP contribution in [0.5, 0.6) is 0 Å². The number of carbonyl (C=O) groups is 1. The number of rotatable bonds is 1. The Morgan fingerprint density at radius 1 is 2.14 bits per heavy atom. The van der Waals surface area contributed by atoms with Crippen LogP contribution in [0.1, 0.15) is 17.8 Å². The molecule has 0 aliphatic rings. The Labute approximate surface area is 54.0 Å². The number of carbonyl (C=O) groups excluding carboxylic acids is 1. The van der Waals surface area contributed by atoms with Crippen molar-refractivity contribution >= 4 is 5.97 Å². The highest BCUT2D eigenvalue weighted by atomic mass is 16.5. The molecule has 2 nitrogen and oxygen atoms in total. The smallest absolute Gasteiger partial charge is 0.332 e. The minimum atomic E-state index is -3.09. The van der Waals surface area contributed by atoms with Gasteiger partial charge in [-0.05, 0) is 6.85 Å². The summed E-state index contributed by atoms with van der Waals surface area (Å²) in [4.78, 5) is 11.0. The summed E-state index contributed by atoms with van der Waals surface area (Å²) < 4.78 is 57.4. The van der Waals surface area contributed by atoms with Gasteiger partial charge in [0, 0.05) is 9.69 Å². The lowest BCUT2D eigenvalue weighted by Crippen LogP contribution is -1.98. The summed E-state index contributed by atoms with van der Waals surface area (Å²) in [5.74, 6) is -1.70. The van der Waals surface area contributed by atoms with E-state index in [-0.39, 0.29) is 0 Å². The van der Waals surface area contributed by atoms with Gasteiger partial charge in [-0.2, -0.15) is 0 Å². The fourth-order valence-electron chi connectivity index (χ4n) is 0.0510. The van der Waals surface area contributed by atoms with Crippen molar-refractivity contribution in [2.45, 2.75) is 6.85 Å². The van der Waals surface area contributed by atoms with E-state index in [1.165, 1.54) is 0 Å². The highest BCUT2D eigenvalue weighted by molar-refractivity contribution is 5.86. The van der Waals surface area contributed by atoms with Crippen LogP contribution in [-0.4, -0.2) is 13.0 Å². The first-order valence-corrected chi connectivity index (χ1v) is 1.36. The first kappa shape index (κ1) is 0.966. The van der Waals surface area contributed by atoms with Crippen molar-refractivity contribution in [1.29, 1.82) is 0 Å². The molecule has 0 spiro atoms. The van der Waals surface area contributed by atoms with Gasteiger partial charge >= 0.3 is 5.97 Å². The van der Waals surface area contributed by atoms with Gasteiger partial charge in [-0.1, -0.05) is 6.53 Å². The molecule has 0 unspecified atom stereocenters. The lowest BCUT2D eigenvalue weighted by atomic mass is 10.4. The molecule has 0 heterocycles. The molecule has 7 heavy (non-hydrogen) atoms. The van der Waals surface area contributed by atoms with Gasteiger partial charge < -0.3 is 4.74 Å². The van der Waals surface area contributed by atoms with E-state index in [4.69, 9.17) is 11.0 Å². The zero-order valence-corrected chi connectivity index (χ0v) is 3.32. The molecule has 0 N–H and O–H groups in total. The molecule has 0 aliphatic heterocycles. The average Bonchev–Trinajstić information content (AvgIpc) is 1.74. The van der Waals surface area contributed by atoms with Crippen molar-refractivity contribution in [1.82, 2.24) is 0 Å². The lowest BCUT2D eigenvalue weighted by molar-refractivity contribution is -0.135. The third kappa shape index (κ3) is 1.98. The molecule has 0 amide bonds. The zero-order chi connectivity index (χ0) is 12.4. The van der Waals surface area contributed by atoms with Crippen LogP contribution in [0.25, 0.3) is 0 Å². The van der Waals surface area contributed by atoms with Gasteiger partial charge in [-0.25, -0.2) is 4.79 Å². The van der Waals surface area contributed by atoms with E-state index < -0.39 is 32.0 Å². The number of methoxy groups -OCH3 is 1. The lowest BCUT2D eigenvalue weighted by Gasteiger charge is -1.91. The Bertz CT molecular complexity index is 280. The highest BCUT2D eigenvalue weighted by Gasteiger charge is 1.95. The van der Waals surface area contributed by atoms with Crippen molar-refractivity contribution in [3.8, 4) is 0 Å². The Morgan fingerprint density at radius 2 is 3.00 bits per heavy atom. The van der Waals surface area contributed by atoms with E-state index in [0.717, 1.165) is 0 Å². The largest absolute Gasteiger partial charge is 0.466 e. The Kier molecular flexibility index (Phi) is 0.330. The molecule has 0 bridgehead atoms. The van der Waals surface area contributed by atoms with E-state index >= 15 is 0 Å². The molecular weight excluding hydrogens is 92.1 g/mol. The molecule has 0 radical (unpaired) electrons. The molecule has 0 aromatic heterocycles. The Hall–Kier alpha value is -0.790. The first-order valence-electron chi connectivity index (χ1n) is 5.36. The second kappa shape index (κ2) is 2.39. The maximum atomic E-state index is 11.0. The van der Waals surface area contributed by atoms with Crippen molar-refractivity contribution in [2.75, 3.05) is 7.04 Å². The van der Waals surface area contributed by atoms with E-state index in [1.54, 1.807) is 0 Å². The van der Waals surface area contributed by atoms with Gasteiger partial charge in [0.05, 0.1) is 13.9 Å². The summed E-state index contributed by atoms with van der Waals surface area (Å²) in [5, 5.41) is 0. The second-order valence-electron chi connectivity index (χ2n) is 0.765. The molecule has 40 valence electrons. The average molecular weight is 108 g/mol. The predicted molar refractivity (Wildman–Crippen MR) is 26.8 cm³/mol. The summed E-state index contributed by atoms with van der Waals surface area (Å²) in [6, 6.07) is 0. The zero-order valence-electron chi connectivity index (χ0n) is 11.3. The second-order valence-corrected chi connectivity index (χ2v) is 0.765. The highest BCUT2D eigenvalue weighted by Crippen LogP contribution is 1.87. The molecule has 0 aromatic rings. The molecule has 2 heteroatoms. The van der Waals surface area contributed by atoms with Crippen LogP contribution in [-0.2, 0) is 9.53 Å². The predicted octanol–water partition coefficient (Wildman–Crippen LogP) is 0.736. The fraction of sp³-hybridized carbons (Fsp3) is 0.400. The summed E-state index contributed by atoms with van der Waals surface area (Å²) in [6.45, 7) is -4.33. The third-order valence-corrected chi connectivity index (χ3v) is 0.297. The first-order chi connectivity index (χ1) is 6.45. The maximum Gasteiger partial charge on any atom is 0.332 e. The Morgan fingerprint density at radius 3 is 3.43 bits per heavy atom. The number of hydrogen-bond acceptors (Lipinski definition) is 2. The van der Waals surface area contributed by atoms with Crippen LogP contribution >= 0.6 is 0 Å². The molecule has 0 atom stereocenters. The van der Waals surface area contributed by atoms with E-state index in [2.05, 4.69) is 4.74 Å². The summed E-state index contributed by atoms with van der Waals surface area (Å²) in [5.41, 5.74) is -1.25. The van der Waals surface area contributed by atoms with Gasteiger partial charge in [0.2, 0.25) is 0 Å². The molecule has 0 saturated heterocycles. The van der Waals surface area contributed by atoms with Crippen LogP contribution in [0.15, 0.2) is 12.1 Å². The summed E-state index contributed by atoms with van der Waals surface area (Å²) >= 11 is 0. The van der Waals surface area contributed by atoms with Gasteiger partial charge in [0.25, 0.3) is 0 Å². The van der Waals surface area contributed by atoms with Crippen molar-refractivity contribution < 1.29 is 20.5 Å². The minimum Gasteiger partial charge on any atom is -0.466 e. The number of ether oxygens (including phenoxy) is 1. The molecule has 0 aliphatic carbocycles. The topological polar surface area (TPSA) is 26.3 Å². The van der Waals surface area contributed by atoms with Gasteiger partial charge in [-0.15, -0.1) is 0 Å². The van der Waals surface area contributed by atoms with Crippen LogP contribution in [0.3, 0.4) is 0 Å². The monoisotopic (exact) mass is 108 g/mol. The quantitative estimate of drug-likeness (QED) is 0.366. The van der Waals surface area contributed by atoms with Crippen LogP contribution in [0, 0.1) is 0 Å². The molecule has 0 saturated carbocycles. The van der Waals surface area contributed by atoms with E-state index in [9.17, 15) is 4.79 Å². The summed E-state index contributed by atoms with van der Waals surface area (Å²) in [7, 11) is -3.09. The number of esters is 1. The normalized spacial score (nSPS) is 27.4. The Balaban J connectivity index is 5.02.